The first kappa shape index (κ1) is 10.9. The first-order chi connectivity index (χ1) is 6.54. The summed E-state index contributed by atoms with van der Waals surface area (Å²) >= 11 is 0. The van der Waals surface area contributed by atoms with Crippen LogP contribution in [-0.2, 0) is 0 Å². The van der Waals surface area contributed by atoms with Crippen molar-refractivity contribution in [1.82, 2.24) is 9.78 Å². The van der Waals surface area contributed by atoms with Gasteiger partial charge in [0.2, 0.25) is 0 Å². The van der Waals surface area contributed by atoms with E-state index in [9.17, 15) is 0 Å². The van der Waals surface area contributed by atoms with E-state index in [0.29, 0.717) is 12.1 Å². The van der Waals surface area contributed by atoms with Crippen LogP contribution in [0, 0.1) is 0 Å². The largest absolute Gasteiger partial charge is 0.394 e. The molecule has 0 unspecified atom stereocenters. The van der Waals surface area contributed by atoms with Crippen LogP contribution in [0.3, 0.4) is 0 Å². The van der Waals surface area contributed by atoms with Gasteiger partial charge in [-0.15, -0.1) is 0 Å². The normalized spacial score (nSPS) is 13.2. The van der Waals surface area contributed by atoms with Gasteiger partial charge in [0, 0.05) is 12.1 Å². The molecule has 0 saturated carbocycles. The maximum atomic E-state index is 5.84. The highest BCUT2D eigenvalue weighted by molar-refractivity contribution is 5.60. The van der Waals surface area contributed by atoms with Crippen molar-refractivity contribution in [1.29, 1.82) is 0 Å². The van der Waals surface area contributed by atoms with E-state index in [2.05, 4.69) is 38.1 Å². The van der Waals surface area contributed by atoms with E-state index >= 15 is 0 Å². The highest BCUT2D eigenvalue weighted by atomic mass is 15.3. The lowest BCUT2D eigenvalue weighted by molar-refractivity contribution is 0.533. The molecule has 0 radical (unpaired) electrons. The van der Waals surface area contributed by atoms with Crippen molar-refractivity contribution in [3.05, 3.63) is 6.20 Å². The van der Waals surface area contributed by atoms with E-state index < -0.39 is 0 Å². The number of aromatic nitrogens is 2. The molecule has 1 aromatic heterocycles. The molecular formula is C10H20N4. The molecule has 0 aliphatic carbocycles. The van der Waals surface area contributed by atoms with E-state index in [1.54, 1.807) is 0 Å². The van der Waals surface area contributed by atoms with Gasteiger partial charge in [0.1, 0.15) is 0 Å². The Kier molecular flexibility index (Phi) is 3.38. The summed E-state index contributed by atoms with van der Waals surface area (Å²) < 4.78 is 1.88. The van der Waals surface area contributed by atoms with E-state index in [0.717, 1.165) is 17.9 Å². The molecular weight excluding hydrogens is 176 g/mol. The van der Waals surface area contributed by atoms with Gasteiger partial charge in [-0.25, -0.2) is 0 Å². The first-order valence-corrected chi connectivity index (χ1v) is 5.15. The van der Waals surface area contributed by atoms with E-state index in [1.807, 2.05) is 10.9 Å². The summed E-state index contributed by atoms with van der Waals surface area (Å²) in [5.74, 6) is 0.799. The van der Waals surface area contributed by atoms with Crippen molar-refractivity contribution in [3.63, 3.8) is 0 Å². The van der Waals surface area contributed by atoms with Crippen LogP contribution < -0.4 is 11.1 Å². The van der Waals surface area contributed by atoms with E-state index in [-0.39, 0.29) is 0 Å². The van der Waals surface area contributed by atoms with Crippen LogP contribution in [0.4, 0.5) is 11.5 Å². The van der Waals surface area contributed by atoms with E-state index in [1.165, 1.54) is 0 Å². The molecule has 4 nitrogen and oxygen atoms in total. The molecule has 4 heteroatoms. The molecule has 1 rings (SSSR count). The maximum absolute atomic E-state index is 5.84. The second kappa shape index (κ2) is 4.35. The molecule has 1 atom stereocenters. The molecule has 0 fully saturated rings. The SMILES string of the molecule is CC[C@H](C)Nc1nn(C(C)C)cc1N. The third kappa shape index (κ3) is 2.40. The minimum Gasteiger partial charge on any atom is -0.394 e. The number of hydrogen-bond acceptors (Lipinski definition) is 3. The van der Waals surface area contributed by atoms with Gasteiger partial charge in [-0.1, -0.05) is 6.92 Å². The van der Waals surface area contributed by atoms with Gasteiger partial charge in [-0.2, -0.15) is 5.10 Å². The van der Waals surface area contributed by atoms with Gasteiger partial charge in [-0.05, 0) is 27.2 Å². The number of nitrogens with two attached hydrogens (primary N) is 1. The maximum Gasteiger partial charge on any atom is 0.171 e. The Balaban J connectivity index is 2.77. The lowest BCUT2D eigenvalue weighted by Gasteiger charge is -2.10. The lowest BCUT2D eigenvalue weighted by atomic mass is 10.2. The summed E-state index contributed by atoms with van der Waals surface area (Å²) in [7, 11) is 0. The zero-order valence-corrected chi connectivity index (χ0v) is 9.41. The third-order valence-electron chi connectivity index (χ3n) is 2.28. The second-order valence-corrected chi connectivity index (χ2v) is 3.96. The van der Waals surface area contributed by atoms with Crippen LogP contribution >= 0.6 is 0 Å². The molecule has 0 spiro atoms. The number of nitrogen functional groups attached to an aromatic ring is 1. The molecule has 0 bridgehead atoms. The zero-order valence-electron chi connectivity index (χ0n) is 9.41. The van der Waals surface area contributed by atoms with Crippen molar-refractivity contribution >= 4 is 11.5 Å². The van der Waals surface area contributed by atoms with Crippen molar-refractivity contribution in [2.24, 2.45) is 0 Å². The van der Waals surface area contributed by atoms with Gasteiger partial charge in [0.25, 0.3) is 0 Å². The fourth-order valence-electron chi connectivity index (χ4n) is 1.12. The molecule has 0 aromatic carbocycles. The summed E-state index contributed by atoms with van der Waals surface area (Å²) in [6.07, 6.45) is 2.93. The monoisotopic (exact) mass is 196 g/mol. The average Bonchev–Trinajstić information content (AvgIpc) is 2.48. The number of hydrogen-bond donors (Lipinski definition) is 2. The second-order valence-electron chi connectivity index (χ2n) is 3.96. The van der Waals surface area contributed by atoms with Crippen LogP contribution in [0.1, 0.15) is 40.2 Å². The number of anilines is 2. The first-order valence-electron chi connectivity index (χ1n) is 5.15. The van der Waals surface area contributed by atoms with Gasteiger partial charge >= 0.3 is 0 Å². The van der Waals surface area contributed by atoms with Crippen molar-refractivity contribution in [2.45, 2.75) is 46.2 Å². The topological polar surface area (TPSA) is 55.9 Å². The van der Waals surface area contributed by atoms with Gasteiger partial charge in [-0.3, -0.25) is 4.68 Å². The molecule has 14 heavy (non-hydrogen) atoms. The Morgan fingerprint density at radius 1 is 1.50 bits per heavy atom. The lowest BCUT2D eigenvalue weighted by Crippen LogP contribution is -2.15. The molecule has 0 aliphatic rings. The van der Waals surface area contributed by atoms with Crippen molar-refractivity contribution in [2.75, 3.05) is 11.1 Å². The van der Waals surface area contributed by atoms with Gasteiger partial charge < -0.3 is 11.1 Å². The predicted molar refractivity (Wildman–Crippen MR) is 60.4 cm³/mol. The van der Waals surface area contributed by atoms with Gasteiger partial charge in [0.15, 0.2) is 5.82 Å². The fraction of sp³-hybridized carbons (Fsp3) is 0.700. The Morgan fingerprint density at radius 3 is 2.57 bits per heavy atom. The van der Waals surface area contributed by atoms with Crippen molar-refractivity contribution in [3.8, 4) is 0 Å². The Bertz CT molecular complexity index is 290. The smallest absolute Gasteiger partial charge is 0.171 e. The quantitative estimate of drug-likeness (QED) is 0.776. The summed E-state index contributed by atoms with van der Waals surface area (Å²) in [5, 5.41) is 7.66. The molecule has 0 amide bonds. The average molecular weight is 196 g/mol. The van der Waals surface area contributed by atoms with Crippen LogP contribution in [0.5, 0.6) is 0 Å². The minimum atomic E-state index is 0.352. The van der Waals surface area contributed by atoms with Crippen LogP contribution in [-0.4, -0.2) is 15.8 Å². The molecule has 1 aromatic rings. The number of rotatable bonds is 4. The molecule has 1 heterocycles. The van der Waals surface area contributed by atoms with Crippen LogP contribution in [0.2, 0.25) is 0 Å². The van der Waals surface area contributed by atoms with Crippen molar-refractivity contribution < 1.29 is 0 Å². The molecule has 3 N–H and O–H groups in total. The standard InChI is InChI=1S/C10H20N4/c1-5-8(4)12-10-9(11)6-14(13-10)7(2)3/h6-8H,5,11H2,1-4H3,(H,12,13)/t8-/m0/s1. The minimum absolute atomic E-state index is 0.352. The Hall–Kier alpha value is -1.19. The van der Waals surface area contributed by atoms with E-state index in [4.69, 9.17) is 5.73 Å². The fourth-order valence-corrected chi connectivity index (χ4v) is 1.12. The van der Waals surface area contributed by atoms with Gasteiger partial charge in [0.05, 0.1) is 11.9 Å². The number of nitrogens with zero attached hydrogens (tertiary/aromatic N) is 2. The third-order valence-corrected chi connectivity index (χ3v) is 2.28. The Labute approximate surface area is 85.5 Å². The van der Waals surface area contributed by atoms with Crippen LogP contribution in [0.15, 0.2) is 6.20 Å². The molecule has 80 valence electrons. The highest BCUT2D eigenvalue weighted by Gasteiger charge is 2.09. The molecule has 0 aliphatic heterocycles. The number of nitrogens with one attached hydrogen (secondary N) is 1. The Morgan fingerprint density at radius 2 is 2.14 bits per heavy atom. The summed E-state index contributed by atoms with van der Waals surface area (Å²) in [6.45, 7) is 8.42. The summed E-state index contributed by atoms with van der Waals surface area (Å²) in [6, 6.07) is 0.762. The summed E-state index contributed by atoms with van der Waals surface area (Å²) in [4.78, 5) is 0. The summed E-state index contributed by atoms with van der Waals surface area (Å²) in [5.41, 5.74) is 6.56. The highest BCUT2D eigenvalue weighted by Crippen LogP contribution is 2.19. The van der Waals surface area contributed by atoms with Crippen LogP contribution in [0.25, 0.3) is 0 Å². The zero-order chi connectivity index (χ0) is 10.7. The predicted octanol–water partition coefficient (Wildman–Crippen LogP) is 2.26. The molecule has 0 saturated heterocycles.